The highest BCUT2D eigenvalue weighted by Crippen LogP contribution is 2.36. The Kier molecular flexibility index (Phi) is 3.72. The Labute approximate surface area is 104 Å². The second-order valence-electron chi connectivity index (χ2n) is 4.61. The maximum atomic E-state index is 12.1. The van der Waals surface area contributed by atoms with Gasteiger partial charge in [-0.05, 0) is 24.3 Å². The first-order valence-corrected chi connectivity index (χ1v) is 6.33. The highest BCUT2D eigenvalue weighted by Gasteiger charge is 2.31. The molecule has 0 N–H and O–H groups in total. The first-order valence-electron chi connectivity index (χ1n) is 6.83. The van der Waals surface area contributed by atoms with Gasteiger partial charge in [-0.1, -0.05) is 49.6 Å². The lowest BCUT2D eigenvalue weighted by atomic mass is 9.77. The van der Waals surface area contributed by atoms with Gasteiger partial charge in [0.15, 0.2) is 0 Å². The molecule has 92 valence electrons. The molecule has 0 radical (unpaired) electrons. The van der Waals surface area contributed by atoms with Gasteiger partial charge in [-0.3, -0.25) is 4.79 Å². The van der Waals surface area contributed by atoms with Gasteiger partial charge >= 0.3 is 5.97 Å². The molecule has 1 fully saturated rings. The minimum Gasteiger partial charge on any atom is -0.469 e. The Morgan fingerprint density at radius 3 is 2.53 bits per heavy atom. The predicted octanol–water partition coefficient (Wildman–Crippen LogP) is 3.52. The van der Waals surface area contributed by atoms with E-state index < -0.39 is 11.9 Å². The van der Waals surface area contributed by atoms with Crippen molar-refractivity contribution in [2.24, 2.45) is 5.92 Å². The first-order chi connectivity index (χ1) is 8.69. The minimum absolute atomic E-state index is 0.0705. The van der Waals surface area contributed by atoms with Gasteiger partial charge in [-0.25, -0.2) is 0 Å². The summed E-state index contributed by atoms with van der Waals surface area (Å²) in [4.78, 5) is 12.1. The minimum atomic E-state index is -1.24. The fourth-order valence-electron chi connectivity index (χ4n) is 2.64. The van der Waals surface area contributed by atoms with E-state index in [9.17, 15) is 4.79 Å². The van der Waals surface area contributed by atoms with Crippen molar-refractivity contribution in [3.8, 4) is 0 Å². The molecular weight excluding hydrogens is 212 g/mol. The third-order valence-electron chi connectivity index (χ3n) is 3.50. The maximum absolute atomic E-state index is 12.1. The number of hydrogen-bond acceptors (Lipinski definition) is 2. The summed E-state index contributed by atoms with van der Waals surface area (Å²) in [5.41, 5.74) is 0.753. The van der Waals surface area contributed by atoms with Gasteiger partial charge in [0.2, 0.25) is 0 Å². The van der Waals surface area contributed by atoms with Gasteiger partial charge in [0.05, 0.1) is 13.0 Å². The molecule has 2 heteroatoms. The van der Waals surface area contributed by atoms with E-state index in [-0.39, 0.29) is 5.92 Å². The topological polar surface area (TPSA) is 26.3 Å². The van der Waals surface area contributed by atoms with Crippen LogP contribution in [-0.4, -0.2) is 13.1 Å². The van der Waals surface area contributed by atoms with E-state index in [0.29, 0.717) is 0 Å². The van der Waals surface area contributed by atoms with Crippen LogP contribution in [-0.2, 0) is 9.53 Å². The van der Waals surface area contributed by atoms with Crippen molar-refractivity contribution in [2.45, 2.75) is 38.0 Å². The highest BCUT2D eigenvalue weighted by atomic mass is 16.5. The number of methoxy groups -OCH3 is 1. The third kappa shape index (κ3) is 2.87. The van der Waals surface area contributed by atoms with E-state index >= 15 is 0 Å². The Bertz CT molecular complexity index is 398. The molecule has 1 aliphatic rings. The summed E-state index contributed by atoms with van der Waals surface area (Å²) in [6.07, 6.45) is 5.30. The van der Waals surface area contributed by atoms with E-state index in [1.165, 1.54) is 13.5 Å². The van der Waals surface area contributed by atoms with Crippen LogP contribution in [0.25, 0.3) is 0 Å². The fourth-order valence-corrected chi connectivity index (χ4v) is 2.64. The zero-order valence-corrected chi connectivity index (χ0v) is 10.3. The molecule has 1 aromatic carbocycles. The first kappa shape index (κ1) is 10.8. The largest absolute Gasteiger partial charge is 0.469 e. The second-order valence-corrected chi connectivity index (χ2v) is 4.61. The molecule has 1 aromatic rings. The number of esters is 1. The Balaban J connectivity index is 2.36. The monoisotopic (exact) mass is 233 g/mol. The molecule has 2 nitrogen and oxygen atoms in total. The molecule has 1 saturated carbocycles. The predicted molar refractivity (Wildman–Crippen MR) is 67.8 cm³/mol. The number of carbonyl (C=O) groups excluding carboxylic acids is 1. The summed E-state index contributed by atoms with van der Waals surface area (Å²) in [6, 6.07) is 9.38. The lowest BCUT2D eigenvalue weighted by molar-refractivity contribution is -0.144. The zero-order valence-electron chi connectivity index (χ0n) is 11.3. The zero-order chi connectivity index (χ0) is 13.0. The Morgan fingerprint density at radius 1 is 1.29 bits per heavy atom. The summed E-state index contributed by atoms with van der Waals surface area (Å²) in [7, 11) is 1.37. The number of ether oxygens (including phenoxy) is 1. The number of rotatable bonds is 3. The normalized spacial score (nSPS) is 21.4. The molecule has 0 amide bonds. The van der Waals surface area contributed by atoms with Crippen LogP contribution >= 0.6 is 0 Å². The number of carbonyl (C=O) groups is 1. The highest BCUT2D eigenvalue weighted by molar-refractivity contribution is 5.78. The molecule has 1 aliphatic carbocycles. The van der Waals surface area contributed by atoms with E-state index in [1.807, 2.05) is 30.3 Å². The van der Waals surface area contributed by atoms with Crippen LogP contribution < -0.4 is 0 Å². The van der Waals surface area contributed by atoms with Crippen LogP contribution in [0.2, 0.25) is 0 Å². The van der Waals surface area contributed by atoms with Gasteiger partial charge in [0, 0.05) is 1.37 Å². The lowest BCUT2D eigenvalue weighted by Crippen LogP contribution is -2.24. The number of benzene rings is 1. The molecular formula is C15H20O2. The fraction of sp³-hybridized carbons (Fsp3) is 0.533. The van der Waals surface area contributed by atoms with E-state index in [0.717, 1.165) is 31.2 Å². The van der Waals surface area contributed by atoms with Crippen LogP contribution in [0.3, 0.4) is 0 Å². The van der Waals surface area contributed by atoms with Crippen LogP contribution in [0, 0.1) is 5.92 Å². The Hall–Kier alpha value is -1.31. The smallest absolute Gasteiger partial charge is 0.313 e. The summed E-state index contributed by atoms with van der Waals surface area (Å²) in [5.74, 6) is -1.60. The van der Waals surface area contributed by atoms with E-state index in [4.69, 9.17) is 6.11 Å². The summed E-state index contributed by atoms with van der Waals surface area (Å²) < 4.78 is 13.6. The second kappa shape index (κ2) is 5.85. The van der Waals surface area contributed by atoms with Crippen molar-refractivity contribution in [1.29, 1.82) is 0 Å². The van der Waals surface area contributed by atoms with Gasteiger partial charge in [0.1, 0.15) is 0 Å². The van der Waals surface area contributed by atoms with Crippen molar-refractivity contribution in [3.05, 3.63) is 35.9 Å². The molecule has 0 heterocycles. The van der Waals surface area contributed by atoms with E-state index in [2.05, 4.69) is 0 Å². The van der Waals surface area contributed by atoms with Crippen molar-refractivity contribution >= 4 is 5.97 Å². The van der Waals surface area contributed by atoms with Crippen molar-refractivity contribution < 1.29 is 10.9 Å². The van der Waals surface area contributed by atoms with Crippen molar-refractivity contribution in [1.82, 2.24) is 0 Å². The van der Waals surface area contributed by atoms with Gasteiger partial charge in [-0.15, -0.1) is 0 Å². The van der Waals surface area contributed by atoms with Crippen LogP contribution in [0.5, 0.6) is 0 Å². The standard InChI is InChI=1S/C15H20O2/c1-17-15(16)14(12-8-4-2-5-9-12)13-10-6-3-7-11-13/h2,4-5,8-9,13-14H,3,6-7,10-11H2,1H3/i14D. The van der Waals surface area contributed by atoms with Gasteiger partial charge in [-0.2, -0.15) is 0 Å². The maximum Gasteiger partial charge on any atom is 0.313 e. The SMILES string of the molecule is [2H]C(C(=O)OC)(c1ccccc1)C1CCCCC1. The third-order valence-corrected chi connectivity index (χ3v) is 3.50. The summed E-state index contributed by atoms with van der Waals surface area (Å²) in [5, 5.41) is 0. The summed E-state index contributed by atoms with van der Waals surface area (Å²) in [6.45, 7) is 0. The molecule has 0 bridgehead atoms. The van der Waals surface area contributed by atoms with E-state index in [1.54, 1.807) is 0 Å². The van der Waals surface area contributed by atoms with Crippen molar-refractivity contribution in [2.75, 3.05) is 7.11 Å². The molecule has 0 spiro atoms. The number of hydrogen-bond donors (Lipinski definition) is 0. The molecule has 17 heavy (non-hydrogen) atoms. The Morgan fingerprint density at radius 2 is 1.94 bits per heavy atom. The molecule has 2 rings (SSSR count). The lowest BCUT2D eigenvalue weighted by Gasteiger charge is -2.28. The van der Waals surface area contributed by atoms with Crippen molar-refractivity contribution in [3.63, 3.8) is 0 Å². The average molecular weight is 233 g/mol. The average Bonchev–Trinajstić information content (AvgIpc) is 2.47. The van der Waals surface area contributed by atoms with Gasteiger partial charge in [0.25, 0.3) is 0 Å². The molecule has 1 unspecified atom stereocenters. The van der Waals surface area contributed by atoms with Crippen LogP contribution in [0.4, 0.5) is 0 Å². The molecule has 0 aliphatic heterocycles. The van der Waals surface area contributed by atoms with Crippen LogP contribution in [0.1, 0.15) is 44.9 Å². The summed E-state index contributed by atoms with van der Waals surface area (Å²) >= 11 is 0. The molecule has 0 saturated heterocycles. The molecule has 1 atom stereocenters. The van der Waals surface area contributed by atoms with Crippen LogP contribution in [0.15, 0.2) is 30.3 Å². The quantitative estimate of drug-likeness (QED) is 0.747. The van der Waals surface area contributed by atoms with Gasteiger partial charge < -0.3 is 4.74 Å². The molecule has 0 aromatic heterocycles.